The molecule has 1 aromatic carbocycles. The van der Waals surface area contributed by atoms with Crippen LogP contribution >= 0.6 is 0 Å². The molecule has 4 N–H and O–H groups in total. The molecule has 1 aromatic heterocycles. The highest BCUT2D eigenvalue weighted by molar-refractivity contribution is 5.96. The van der Waals surface area contributed by atoms with Crippen molar-refractivity contribution in [2.45, 2.75) is 6.04 Å². The molecule has 0 aliphatic rings. The number of nitrogens with zero attached hydrogens (tertiary/aromatic N) is 1. The van der Waals surface area contributed by atoms with Crippen LogP contribution in [-0.2, 0) is 9.53 Å². The fourth-order valence-corrected chi connectivity index (χ4v) is 1.70. The predicted molar refractivity (Wildman–Crippen MR) is 71.7 cm³/mol. The first kappa shape index (κ1) is 13.6. The van der Waals surface area contributed by atoms with Gasteiger partial charge < -0.3 is 15.8 Å². The lowest BCUT2D eigenvalue weighted by molar-refractivity contribution is -0.143. The summed E-state index contributed by atoms with van der Waals surface area (Å²) < 4.78 is 4.70. The van der Waals surface area contributed by atoms with E-state index in [-0.39, 0.29) is 11.5 Å². The number of H-pyrrole nitrogens is 1. The third-order valence-corrected chi connectivity index (χ3v) is 2.69. The third kappa shape index (κ3) is 2.94. The van der Waals surface area contributed by atoms with Crippen molar-refractivity contribution in [3.05, 3.63) is 47.7 Å². The van der Waals surface area contributed by atoms with Crippen LogP contribution in [-0.4, -0.2) is 29.2 Å². The van der Waals surface area contributed by atoms with Crippen molar-refractivity contribution in [3.8, 4) is 0 Å². The van der Waals surface area contributed by atoms with Crippen molar-refractivity contribution in [1.82, 2.24) is 15.5 Å². The van der Waals surface area contributed by atoms with Gasteiger partial charge in [-0.1, -0.05) is 30.3 Å². The van der Waals surface area contributed by atoms with Gasteiger partial charge in [-0.2, -0.15) is 5.10 Å². The number of carbonyl (C=O) groups is 2. The van der Waals surface area contributed by atoms with Gasteiger partial charge in [0, 0.05) is 6.07 Å². The summed E-state index contributed by atoms with van der Waals surface area (Å²) in [5.41, 5.74) is 6.23. The van der Waals surface area contributed by atoms with Crippen LogP contribution in [0.15, 0.2) is 36.4 Å². The van der Waals surface area contributed by atoms with Crippen LogP contribution in [0.3, 0.4) is 0 Å². The number of amides is 1. The number of methoxy groups -OCH3 is 1. The summed E-state index contributed by atoms with van der Waals surface area (Å²) in [5, 5.41) is 8.71. The molecule has 20 heavy (non-hydrogen) atoms. The Morgan fingerprint density at radius 3 is 2.60 bits per heavy atom. The topological polar surface area (TPSA) is 110 Å². The van der Waals surface area contributed by atoms with Crippen LogP contribution in [0.5, 0.6) is 0 Å². The molecule has 104 valence electrons. The van der Waals surface area contributed by atoms with E-state index in [1.165, 1.54) is 13.2 Å². The summed E-state index contributed by atoms with van der Waals surface area (Å²) in [7, 11) is 1.26. The van der Waals surface area contributed by atoms with Gasteiger partial charge >= 0.3 is 5.97 Å². The lowest BCUT2D eigenvalue weighted by Gasteiger charge is -2.16. The Balaban J connectivity index is 2.21. The third-order valence-electron chi connectivity index (χ3n) is 2.69. The number of rotatable bonds is 4. The molecule has 1 unspecified atom stereocenters. The Hall–Kier alpha value is -2.83. The molecule has 0 saturated carbocycles. The largest absolute Gasteiger partial charge is 0.467 e. The molecule has 1 amide bonds. The average molecular weight is 274 g/mol. The molecule has 0 spiro atoms. The Bertz CT molecular complexity index is 609. The summed E-state index contributed by atoms with van der Waals surface area (Å²) in [5.74, 6) is -0.852. The number of hydrogen-bond acceptors (Lipinski definition) is 5. The monoisotopic (exact) mass is 274 g/mol. The van der Waals surface area contributed by atoms with E-state index in [0.29, 0.717) is 5.56 Å². The summed E-state index contributed by atoms with van der Waals surface area (Å²) in [4.78, 5) is 23.8. The van der Waals surface area contributed by atoms with Crippen LogP contribution in [0.1, 0.15) is 22.1 Å². The van der Waals surface area contributed by atoms with E-state index in [0.717, 1.165) is 0 Å². The highest BCUT2D eigenvalue weighted by atomic mass is 16.5. The maximum absolute atomic E-state index is 12.0. The Kier molecular flexibility index (Phi) is 3.99. The normalized spacial score (nSPS) is 11.7. The number of hydrogen-bond donors (Lipinski definition) is 3. The maximum atomic E-state index is 12.0. The van der Waals surface area contributed by atoms with Crippen LogP contribution < -0.4 is 11.1 Å². The summed E-state index contributed by atoms with van der Waals surface area (Å²) in [6.07, 6.45) is 0. The number of ether oxygens (including phenoxy) is 1. The summed E-state index contributed by atoms with van der Waals surface area (Å²) in [6.45, 7) is 0. The molecule has 1 heterocycles. The van der Waals surface area contributed by atoms with Crippen LogP contribution in [0.2, 0.25) is 0 Å². The number of aromatic nitrogens is 2. The fraction of sp³-hybridized carbons (Fsp3) is 0.154. The molecule has 0 bridgehead atoms. The zero-order valence-electron chi connectivity index (χ0n) is 10.8. The zero-order chi connectivity index (χ0) is 14.5. The smallest absolute Gasteiger partial charge is 0.333 e. The number of nitrogens with one attached hydrogen (secondary N) is 2. The Morgan fingerprint density at radius 2 is 2.05 bits per heavy atom. The minimum absolute atomic E-state index is 0.173. The number of benzene rings is 1. The van der Waals surface area contributed by atoms with Gasteiger partial charge in [0.15, 0.2) is 6.04 Å². The fourth-order valence-electron chi connectivity index (χ4n) is 1.70. The van der Waals surface area contributed by atoms with Crippen molar-refractivity contribution in [2.24, 2.45) is 0 Å². The molecule has 0 aliphatic heterocycles. The SMILES string of the molecule is COC(=O)C(NC(=O)c1cc(N)n[nH]1)c1ccccc1. The van der Waals surface area contributed by atoms with E-state index in [1.807, 2.05) is 6.07 Å². The second-order valence-electron chi connectivity index (χ2n) is 4.05. The molecule has 7 heteroatoms. The highest BCUT2D eigenvalue weighted by Gasteiger charge is 2.24. The van der Waals surface area contributed by atoms with E-state index >= 15 is 0 Å². The van der Waals surface area contributed by atoms with Crippen LogP contribution in [0.25, 0.3) is 0 Å². The number of carbonyl (C=O) groups excluding carboxylic acids is 2. The van der Waals surface area contributed by atoms with Crippen molar-refractivity contribution in [3.63, 3.8) is 0 Å². The van der Waals surface area contributed by atoms with Crippen LogP contribution in [0, 0.1) is 0 Å². The predicted octanol–water partition coefficient (Wildman–Crippen LogP) is 0.636. The number of anilines is 1. The first-order valence-corrected chi connectivity index (χ1v) is 5.86. The van der Waals surface area contributed by atoms with Crippen molar-refractivity contribution < 1.29 is 14.3 Å². The number of esters is 1. The van der Waals surface area contributed by atoms with E-state index in [1.54, 1.807) is 24.3 Å². The second-order valence-corrected chi connectivity index (χ2v) is 4.05. The molecule has 0 fully saturated rings. The van der Waals surface area contributed by atoms with Crippen molar-refractivity contribution >= 4 is 17.7 Å². The van der Waals surface area contributed by atoms with Gasteiger partial charge in [-0.3, -0.25) is 9.89 Å². The minimum atomic E-state index is -0.891. The molecule has 2 aromatic rings. The molecule has 0 saturated heterocycles. The van der Waals surface area contributed by atoms with Gasteiger partial charge in [0.05, 0.1) is 7.11 Å². The molecule has 2 rings (SSSR count). The van der Waals surface area contributed by atoms with Gasteiger partial charge in [0.1, 0.15) is 11.5 Å². The lowest BCUT2D eigenvalue weighted by Crippen LogP contribution is -2.34. The zero-order valence-corrected chi connectivity index (χ0v) is 10.8. The summed E-state index contributed by atoms with van der Waals surface area (Å²) in [6, 6.07) is 9.30. The Labute approximate surface area is 115 Å². The highest BCUT2D eigenvalue weighted by Crippen LogP contribution is 2.15. The first-order valence-electron chi connectivity index (χ1n) is 5.86. The van der Waals surface area contributed by atoms with Crippen molar-refractivity contribution in [1.29, 1.82) is 0 Å². The van der Waals surface area contributed by atoms with Crippen molar-refractivity contribution in [2.75, 3.05) is 12.8 Å². The van der Waals surface area contributed by atoms with E-state index in [9.17, 15) is 9.59 Å². The quantitative estimate of drug-likeness (QED) is 0.708. The molecular formula is C13H14N4O3. The van der Waals surface area contributed by atoms with Gasteiger partial charge in [0.25, 0.3) is 5.91 Å². The second kappa shape index (κ2) is 5.87. The van der Waals surface area contributed by atoms with Gasteiger partial charge in [-0.15, -0.1) is 0 Å². The molecule has 0 aliphatic carbocycles. The number of nitrogen functional groups attached to an aromatic ring is 1. The lowest BCUT2D eigenvalue weighted by atomic mass is 10.1. The molecule has 7 nitrogen and oxygen atoms in total. The van der Waals surface area contributed by atoms with Gasteiger partial charge in [-0.25, -0.2) is 4.79 Å². The average Bonchev–Trinajstić information content (AvgIpc) is 2.91. The summed E-state index contributed by atoms with van der Waals surface area (Å²) >= 11 is 0. The molecular weight excluding hydrogens is 260 g/mol. The maximum Gasteiger partial charge on any atom is 0.333 e. The van der Waals surface area contributed by atoms with Crippen LogP contribution in [0.4, 0.5) is 5.82 Å². The minimum Gasteiger partial charge on any atom is -0.467 e. The van der Waals surface area contributed by atoms with Gasteiger partial charge in [-0.05, 0) is 5.56 Å². The molecule has 0 radical (unpaired) electrons. The first-order chi connectivity index (χ1) is 9.61. The number of nitrogens with two attached hydrogens (primary N) is 1. The van der Waals surface area contributed by atoms with E-state index < -0.39 is 17.9 Å². The van der Waals surface area contributed by atoms with Gasteiger partial charge in [0.2, 0.25) is 0 Å². The molecule has 1 atom stereocenters. The number of aromatic amines is 1. The van der Waals surface area contributed by atoms with E-state index in [4.69, 9.17) is 10.5 Å². The van der Waals surface area contributed by atoms with E-state index in [2.05, 4.69) is 15.5 Å². The standard InChI is InChI=1S/C13H14N4O3/c1-20-13(19)11(8-5-3-2-4-6-8)15-12(18)9-7-10(14)17-16-9/h2-7,11H,1H3,(H,15,18)(H3,14,16,17). The Morgan fingerprint density at radius 1 is 1.35 bits per heavy atom.